The molecule has 0 aliphatic heterocycles. The number of aliphatic hydroxyl groups excluding tert-OH is 1. The highest BCUT2D eigenvalue weighted by molar-refractivity contribution is 5.92. The zero-order valence-electron chi connectivity index (χ0n) is 30.8. The average Bonchev–Trinajstić information content (AvgIpc) is 3.09. The van der Waals surface area contributed by atoms with Crippen molar-refractivity contribution in [1.82, 2.24) is 21.3 Å². The van der Waals surface area contributed by atoms with E-state index in [0.717, 1.165) is 29.2 Å². The van der Waals surface area contributed by atoms with Crippen molar-refractivity contribution in [3.63, 3.8) is 0 Å². The lowest BCUT2D eigenvalue weighted by atomic mass is 9.96. The van der Waals surface area contributed by atoms with E-state index < -0.39 is 42.1 Å². The quantitative estimate of drug-likeness (QED) is 0.101. The van der Waals surface area contributed by atoms with Crippen LogP contribution in [0, 0.1) is 11.8 Å². The van der Waals surface area contributed by atoms with Crippen LogP contribution in [-0.2, 0) is 35.0 Å². The Morgan fingerprint density at radius 2 is 1.54 bits per heavy atom. The molecule has 12 nitrogen and oxygen atoms in total. The van der Waals surface area contributed by atoms with Crippen molar-refractivity contribution in [3.8, 4) is 0 Å². The molecule has 12 heteroatoms. The van der Waals surface area contributed by atoms with Crippen LogP contribution in [0.4, 0.5) is 4.79 Å². The molecule has 0 aliphatic carbocycles. The molecule has 5 N–H and O–H groups in total. The normalized spacial score (nSPS) is 14.3. The Balaban J connectivity index is 2.23. The molecule has 2 aromatic rings. The van der Waals surface area contributed by atoms with Gasteiger partial charge in [0.1, 0.15) is 18.7 Å². The van der Waals surface area contributed by atoms with Gasteiger partial charge in [0.2, 0.25) is 17.7 Å². The molecule has 0 spiro atoms. The number of rotatable bonds is 24. The van der Waals surface area contributed by atoms with E-state index in [4.69, 9.17) is 14.2 Å². The standard InChI is InChI=1S/C38H60N4O8/c1-7-9-17-31(36(45)41-32(22-26(3)4)34(43)24-35(44)39-25-27(5)8-2)40-37(46)33(42-38(47)50-21-20-49-19-18-48-6)23-29-15-12-14-28-13-10-11-16-30(28)29/h10-16,26-27,31-34,43H,7-9,17-25H2,1-6H3,(H,39,44)(H,40,46)(H,41,45)(H,42,47)/t27?,31-,32-,33-,34-/m0/s1. The maximum Gasteiger partial charge on any atom is 0.407 e. The first kappa shape index (κ1) is 42.4. The lowest BCUT2D eigenvalue weighted by molar-refractivity contribution is -0.131. The fourth-order valence-corrected chi connectivity index (χ4v) is 5.41. The molecule has 0 saturated carbocycles. The van der Waals surface area contributed by atoms with Gasteiger partial charge in [0.15, 0.2) is 0 Å². The number of benzene rings is 2. The Hall–Kier alpha value is -3.74. The molecule has 5 atom stereocenters. The van der Waals surface area contributed by atoms with Crippen LogP contribution in [0.3, 0.4) is 0 Å². The highest BCUT2D eigenvalue weighted by Gasteiger charge is 2.31. The smallest absolute Gasteiger partial charge is 0.407 e. The van der Waals surface area contributed by atoms with Gasteiger partial charge in [0, 0.05) is 20.1 Å². The summed E-state index contributed by atoms with van der Waals surface area (Å²) >= 11 is 0. The zero-order valence-corrected chi connectivity index (χ0v) is 30.8. The number of aliphatic hydroxyl groups is 1. The first-order valence-electron chi connectivity index (χ1n) is 18.0. The molecule has 0 aromatic heterocycles. The first-order chi connectivity index (χ1) is 24.0. The fourth-order valence-electron chi connectivity index (χ4n) is 5.41. The maximum atomic E-state index is 13.9. The number of hydrogen-bond acceptors (Lipinski definition) is 8. The van der Waals surface area contributed by atoms with Gasteiger partial charge >= 0.3 is 6.09 Å². The molecule has 0 heterocycles. The highest BCUT2D eigenvalue weighted by atomic mass is 16.6. The lowest BCUT2D eigenvalue weighted by Crippen LogP contribution is -2.57. The van der Waals surface area contributed by atoms with E-state index in [2.05, 4.69) is 21.3 Å². The third-order valence-corrected chi connectivity index (χ3v) is 8.54. The number of carbonyl (C=O) groups is 4. The number of ether oxygens (including phenoxy) is 3. The second-order valence-corrected chi connectivity index (χ2v) is 13.3. The minimum Gasteiger partial charge on any atom is -0.447 e. The topological polar surface area (TPSA) is 164 Å². The number of methoxy groups -OCH3 is 1. The van der Waals surface area contributed by atoms with Gasteiger partial charge in [0.05, 0.1) is 38.4 Å². The molecule has 1 unspecified atom stereocenters. The van der Waals surface area contributed by atoms with Crippen molar-refractivity contribution in [2.75, 3.05) is 40.1 Å². The van der Waals surface area contributed by atoms with Gasteiger partial charge in [-0.2, -0.15) is 0 Å². The van der Waals surface area contributed by atoms with Crippen LogP contribution in [0.25, 0.3) is 10.8 Å². The van der Waals surface area contributed by atoms with Gasteiger partial charge in [-0.05, 0) is 41.0 Å². The fraction of sp³-hybridized carbons (Fsp3) is 0.632. The number of alkyl carbamates (subject to hydrolysis) is 1. The van der Waals surface area contributed by atoms with E-state index in [1.807, 2.05) is 77.1 Å². The van der Waals surface area contributed by atoms with Gasteiger partial charge < -0.3 is 40.6 Å². The van der Waals surface area contributed by atoms with Crippen molar-refractivity contribution < 1.29 is 38.5 Å². The molecule has 0 fully saturated rings. The Morgan fingerprint density at radius 1 is 0.840 bits per heavy atom. The molecule has 0 bridgehead atoms. The molecule has 2 rings (SSSR count). The van der Waals surface area contributed by atoms with Crippen molar-refractivity contribution in [3.05, 3.63) is 48.0 Å². The molecule has 280 valence electrons. The largest absolute Gasteiger partial charge is 0.447 e. The minimum absolute atomic E-state index is 0.0189. The summed E-state index contributed by atoms with van der Waals surface area (Å²) in [6.45, 7) is 11.4. The van der Waals surface area contributed by atoms with E-state index in [-0.39, 0.29) is 37.9 Å². The molecule has 0 aliphatic rings. The molecule has 0 saturated heterocycles. The molecule has 2 aromatic carbocycles. The van der Waals surface area contributed by atoms with Crippen LogP contribution in [0.15, 0.2) is 42.5 Å². The van der Waals surface area contributed by atoms with Gasteiger partial charge in [-0.25, -0.2) is 4.79 Å². The average molecular weight is 701 g/mol. The van der Waals surface area contributed by atoms with E-state index in [9.17, 15) is 24.3 Å². The van der Waals surface area contributed by atoms with Crippen molar-refractivity contribution >= 4 is 34.6 Å². The van der Waals surface area contributed by atoms with E-state index in [1.165, 1.54) is 0 Å². The van der Waals surface area contributed by atoms with E-state index in [1.54, 1.807) is 7.11 Å². The summed E-state index contributed by atoms with van der Waals surface area (Å²) in [5.41, 5.74) is 0.840. The molecular weight excluding hydrogens is 640 g/mol. The van der Waals surface area contributed by atoms with Gasteiger partial charge in [0.25, 0.3) is 0 Å². The lowest BCUT2D eigenvalue weighted by Gasteiger charge is -2.29. The summed E-state index contributed by atoms with van der Waals surface area (Å²) in [5.74, 6) is -0.866. The SMILES string of the molecule is CCCC[C@H](NC(=O)[C@H](Cc1cccc2ccccc12)NC(=O)OCCOCCOC)C(=O)N[C@@H](CC(C)C)[C@@H](O)CC(=O)NCC(C)CC. The third-order valence-electron chi connectivity index (χ3n) is 8.54. The summed E-state index contributed by atoms with van der Waals surface area (Å²) in [5, 5.41) is 24.4. The van der Waals surface area contributed by atoms with Gasteiger partial charge in [-0.3, -0.25) is 14.4 Å². The maximum absolute atomic E-state index is 13.9. The molecule has 4 amide bonds. The second kappa shape index (κ2) is 23.6. The summed E-state index contributed by atoms with van der Waals surface area (Å²) in [6, 6.07) is 10.8. The van der Waals surface area contributed by atoms with Crippen LogP contribution in [0.5, 0.6) is 0 Å². The van der Waals surface area contributed by atoms with Crippen LogP contribution < -0.4 is 21.3 Å². The molecule has 50 heavy (non-hydrogen) atoms. The van der Waals surface area contributed by atoms with Crippen molar-refractivity contribution in [2.45, 2.75) is 104 Å². The van der Waals surface area contributed by atoms with E-state index in [0.29, 0.717) is 44.9 Å². The van der Waals surface area contributed by atoms with Crippen molar-refractivity contribution in [1.29, 1.82) is 0 Å². The molecule has 0 radical (unpaired) electrons. The number of fused-ring (bicyclic) bond motifs is 1. The van der Waals surface area contributed by atoms with E-state index >= 15 is 0 Å². The number of unbranched alkanes of at least 4 members (excludes halogenated alkanes) is 1. The van der Waals surface area contributed by atoms with Crippen LogP contribution in [0.1, 0.15) is 78.7 Å². The summed E-state index contributed by atoms with van der Waals surface area (Å²) in [6.07, 6.45) is 1.22. The third kappa shape index (κ3) is 15.9. The van der Waals surface area contributed by atoms with Crippen LogP contribution in [-0.4, -0.2) is 93.2 Å². The Bertz CT molecular complexity index is 1320. The summed E-state index contributed by atoms with van der Waals surface area (Å²) in [7, 11) is 1.56. The number of nitrogens with one attached hydrogen (secondary N) is 4. The highest BCUT2D eigenvalue weighted by Crippen LogP contribution is 2.20. The van der Waals surface area contributed by atoms with Crippen LogP contribution in [0.2, 0.25) is 0 Å². The Kier molecular flexibility index (Phi) is 20.0. The number of amides is 4. The predicted molar refractivity (Wildman–Crippen MR) is 195 cm³/mol. The van der Waals surface area contributed by atoms with Gasteiger partial charge in [-0.15, -0.1) is 0 Å². The zero-order chi connectivity index (χ0) is 36.9. The molecular formula is C38H60N4O8. The summed E-state index contributed by atoms with van der Waals surface area (Å²) in [4.78, 5) is 53.2. The Labute approximate surface area is 297 Å². The monoisotopic (exact) mass is 700 g/mol. The predicted octanol–water partition coefficient (Wildman–Crippen LogP) is 4.26. The minimum atomic E-state index is -1.12. The summed E-state index contributed by atoms with van der Waals surface area (Å²) < 4.78 is 15.6. The number of carbonyl (C=O) groups excluding carboxylic acids is 4. The second-order valence-electron chi connectivity index (χ2n) is 13.3. The number of hydrogen-bond donors (Lipinski definition) is 5. The first-order valence-corrected chi connectivity index (χ1v) is 18.0. The Morgan fingerprint density at radius 3 is 2.24 bits per heavy atom. The van der Waals surface area contributed by atoms with Gasteiger partial charge in [-0.1, -0.05) is 96.3 Å². The van der Waals surface area contributed by atoms with Crippen LogP contribution >= 0.6 is 0 Å². The van der Waals surface area contributed by atoms with Crippen molar-refractivity contribution in [2.24, 2.45) is 11.8 Å².